The van der Waals surface area contributed by atoms with Crippen LogP contribution in [0.5, 0.6) is 0 Å². The van der Waals surface area contributed by atoms with Gasteiger partial charge in [-0.1, -0.05) is 36.4 Å². The smallest absolute Gasteiger partial charge is 0.253 e. The fraction of sp³-hybridized carbons (Fsp3) is 0.154. The summed E-state index contributed by atoms with van der Waals surface area (Å²) < 4.78 is 23.3. The highest BCUT2D eigenvalue weighted by atomic mass is 32.2. The lowest BCUT2D eigenvalue weighted by atomic mass is 9.94. The molecule has 160 valence electrons. The van der Waals surface area contributed by atoms with E-state index in [1.807, 2.05) is 65.6 Å². The first-order chi connectivity index (χ1) is 15.4. The van der Waals surface area contributed by atoms with Gasteiger partial charge in [0.2, 0.25) is 0 Å². The third-order valence-electron chi connectivity index (χ3n) is 5.98. The molecule has 0 atom stereocenters. The number of rotatable bonds is 4. The Morgan fingerprint density at radius 2 is 1.56 bits per heavy atom. The van der Waals surface area contributed by atoms with Crippen molar-refractivity contribution >= 4 is 26.5 Å². The number of carbonyl (C=O) groups excluding carboxylic acids is 1. The normalized spacial score (nSPS) is 14.3. The van der Waals surface area contributed by atoms with Crippen molar-refractivity contribution in [3.63, 3.8) is 0 Å². The third kappa shape index (κ3) is 3.89. The maximum Gasteiger partial charge on any atom is 0.253 e. The molecular formula is C26H22N2O3S. The second-order valence-corrected chi connectivity index (χ2v) is 10.3. The maximum atomic E-state index is 12.9. The number of fused-ring (bicyclic) bond motifs is 1. The van der Waals surface area contributed by atoms with Crippen LogP contribution in [0.3, 0.4) is 0 Å². The van der Waals surface area contributed by atoms with Crippen LogP contribution in [0.1, 0.15) is 22.0 Å². The van der Waals surface area contributed by atoms with Crippen LogP contribution in [-0.2, 0) is 9.84 Å². The average molecular weight is 443 g/mol. The summed E-state index contributed by atoms with van der Waals surface area (Å²) in [6.07, 6.45) is 2.99. The number of amides is 1. The first-order valence-corrected chi connectivity index (χ1v) is 12.3. The maximum absolute atomic E-state index is 12.9. The third-order valence-corrected chi connectivity index (χ3v) is 7.11. The number of benzene rings is 3. The van der Waals surface area contributed by atoms with Gasteiger partial charge in [-0.05, 0) is 64.4 Å². The Balaban J connectivity index is 1.33. The van der Waals surface area contributed by atoms with Crippen LogP contribution in [0, 0.1) is 0 Å². The number of hydrogen-bond donors (Lipinski definition) is 0. The molecule has 1 fully saturated rings. The minimum Gasteiger partial charge on any atom is -0.337 e. The van der Waals surface area contributed by atoms with E-state index in [1.54, 1.807) is 18.3 Å². The molecule has 0 spiro atoms. The second-order valence-electron chi connectivity index (χ2n) is 8.23. The topological polar surface area (TPSA) is 67.3 Å². The van der Waals surface area contributed by atoms with Crippen molar-refractivity contribution in [1.29, 1.82) is 0 Å². The molecule has 0 aliphatic carbocycles. The zero-order valence-electron chi connectivity index (χ0n) is 17.6. The standard InChI is InChI=1S/C26H22N2O3S/c1-32(30,31)24-11-9-18(10-12-24)19-5-6-21-15-22(8-7-20(21)14-19)26(29)28-16-23(17-28)25-4-2-3-13-27-25/h2-15,23H,16-17H2,1H3. The van der Waals surface area contributed by atoms with Crippen LogP contribution in [-0.4, -0.2) is 43.6 Å². The Labute approximate surface area is 187 Å². The number of hydrogen-bond acceptors (Lipinski definition) is 4. The highest BCUT2D eigenvalue weighted by Crippen LogP contribution is 2.29. The van der Waals surface area contributed by atoms with E-state index in [4.69, 9.17) is 0 Å². The SMILES string of the molecule is CS(=O)(=O)c1ccc(-c2ccc3cc(C(=O)N4CC(c5ccccn5)C4)ccc3c2)cc1. The van der Waals surface area contributed by atoms with E-state index >= 15 is 0 Å². The van der Waals surface area contributed by atoms with Crippen molar-refractivity contribution < 1.29 is 13.2 Å². The summed E-state index contributed by atoms with van der Waals surface area (Å²) in [5.41, 5.74) is 3.66. The van der Waals surface area contributed by atoms with Crippen molar-refractivity contribution in [2.45, 2.75) is 10.8 Å². The van der Waals surface area contributed by atoms with E-state index in [9.17, 15) is 13.2 Å². The molecule has 3 aromatic carbocycles. The van der Waals surface area contributed by atoms with Gasteiger partial charge in [0.15, 0.2) is 9.84 Å². The molecule has 2 heterocycles. The Kier molecular flexibility index (Phi) is 5.02. The number of sulfone groups is 1. The van der Waals surface area contributed by atoms with Gasteiger partial charge in [-0.15, -0.1) is 0 Å². The molecule has 0 N–H and O–H groups in total. The Bertz CT molecular complexity index is 1410. The molecule has 0 radical (unpaired) electrons. The van der Waals surface area contributed by atoms with Crippen LogP contribution in [0.15, 0.2) is 90.0 Å². The molecule has 5 rings (SSSR count). The van der Waals surface area contributed by atoms with Gasteiger partial charge < -0.3 is 4.90 Å². The van der Waals surface area contributed by atoms with Crippen molar-refractivity contribution in [3.05, 3.63) is 96.3 Å². The molecule has 1 aromatic heterocycles. The first kappa shape index (κ1) is 20.4. The fourth-order valence-corrected chi connectivity index (χ4v) is 4.71. The van der Waals surface area contributed by atoms with E-state index in [-0.39, 0.29) is 5.91 Å². The van der Waals surface area contributed by atoms with Crippen molar-refractivity contribution in [1.82, 2.24) is 9.88 Å². The Morgan fingerprint density at radius 3 is 2.25 bits per heavy atom. The van der Waals surface area contributed by atoms with Gasteiger partial charge in [0.05, 0.1) is 4.90 Å². The predicted octanol–water partition coefficient (Wildman–Crippen LogP) is 4.54. The molecular weight excluding hydrogens is 420 g/mol. The lowest BCUT2D eigenvalue weighted by Gasteiger charge is -2.39. The summed E-state index contributed by atoms with van der Waals surface area (Å²) in [4.78, 5) is 19.5. The zero-order valence-corrected chi connectivity index (χ0v) is 18.4. The molecule has 4 aromatic rings. The van der Waals surface area contributed by atoms with Crippen LogP contribution in [0.2, 0.25) is 0 Å². The lowest BCUT2D eigenvalue weighted by Crippen LogP contribution is -2.48. The fourth-order valence-electron chi connectivity index (χ4n) is 4.08. The van der Waals surface area contributed by atoms with E-state index in [2.05, 4.69) is 11.1 Å². The highest BCUT2D eigenvalue weighted by molar-refractivity contribution is 7.90. The molecule has 1 saturated heterocycles. The number of pyridine rings is 1. The number of carbonyl (C=O) groups is 1. The Hall–Kier alpha value is -3.51. The van der Waals surface area contributed by atoms with Crippen LogP contribution < -0.4 is 0 Å². The van der Waals surface area contributed by atoms with Gasteiger partial charge >= 0.3 is 0 Å². The van der Waals surface area contributed by atoms with Gasteiger partial charge in [-0.2, -0.15) is 0 Å². The van der Waals surface area contributed by atoms with E-state index < -0.39 is 9.84 Å². The quantitative estimate of drug-likeness (QED) is 0.465. The number of nitrogens with zero attached hydrogens (tertiary/aromatic N) is 2. The molecule has 32 heavy (non-hydrogen) atoms. The van der Waals surface area contributed by atoms with Crippen LogP contribution in [0.25, 0.3) is 21.9 Å². The van der Waals surface area contributed by atoms with Gasteiger partial charge in [0.25, 0.3) is 5.91 Å². The summed E-state index contributed by atoms with van der Waals surface area (Å²) in [7, 11) is -3.21. The summed E-state index contributed by atoms with van der Waals surface area (Å²) in [5.74, 6) is 0.344. The zero-order chi connectivity index (χ0) is 22.3. The molecule has 0 saturated carbocycles. The molecule has 1 aliphatic rings. The van der Waals surface area contributed by atoms with Gasteiger partial charge in [0, 0.05) is 42.7 Å². The molecule has 0 unspecified atom stereocenters. The second kappa shape index (κ2) is 7.88. The van der Waals surface area contributed by atoms with Crippen LogP contribution >= 0.6 is 0 Å². The minimum atomic E-state index is -3.21. The highest BCUT2D eigenvalue weighted by Gasteiger charge is 2.32. The van der Waals surface area contributed by atoms with Crippen molar-refractivity contribution in [2.75, 3.05) is 19.3 Å². The number of likely N-dealkylation sites (tertiary alicyclic amines) is 1. The molecule has 1 amide bonds. The van der Waals surface area contributed by atoms with Gasteiger partial charge in [-0.3, -0.25) is 9.78 Å². The van der Waals surface area contributed by atoms with E-state index in [0.29, 0.717) is 29.5 Å². The largest absolute Gasteiger partial charge is 0.337 e. The first-order valence-electron chi connectivity index (χ1n) is 10.4. The minimum absolute atomic E-state index is 0.0412. The van der Waals surface area contributed by atoms with Crippen molar-refractivity contribution in [3.8, 4) is 11.1 Å². The van der Waals surface area contributed by atoms with E-state index in [0.717, 1.165) is 27.6 Å². The summed E-state index contributed by atoms with van der Waals surface area (Å²) in [6, 6.07) is 24.6. The molecule has 0 bridgehead atoms. The van der Waals surface area contributed by atoms with Gasteiger partial charge in [-0.25, -0.2) is 8.42 Å². The summed E-state index contributed by atoms with van der Waals surface area (Å²) >= 11 is 0. The molecule has 1 aliphatic heterocycles. The van der Waals surface area contributed by atoms with E-state index in [1.165, 1.54) is 6.26 Å². The van der Waals surface area contributed by atoms with Crippen LogP contribution in [0.4, 0.5) is 0 Å². The number of aromatic nitrogens is 1. The Morgan fingerprint density at radius 1 is 0.875 bits per heavy atom. The lowest BCUT2D eigenvalue weighted by molar-refractivity contribution is 0.0599. The monoisotopic (exact) mass is 442 g/mol. The van der Waals surface area contributed by atoms with Gasteiger partial charge in [0.1, 0.15) is 0 Å². The van der Waals surface area contributed by atoms with Crippen molar-refractivity contribution in [2.24, 2.45) is 0 Å². The summed E-state index contributed by atoms with van der Waals surface area (Å²) in [5, 5.41) is 2.02. The molecule has 6 heteroatoms. The average Bonchev–Trinajstić information content (AvgIpc) is 2.77. The molecule has 5 nitrogen and oxygen atoms in total. The predicted molar refractivity (Wildman–Crippen MR) is 125 cm³/mol. The summed E-state index contributed by atoms with van der Waals surface area (Å²) in [6.45, 7) is 1.38.